The first-order valence-electron chi connectivity index (χ1n) is 7.72. The quantitative estimate of drug-likeness (QED) is 0.943. The molecular formula is C18H21NO2S. The molecule has 116 valence electrons. The van der Waals surface area contributed by atoms with Crippen molar-refractivity contribution >= 4 is 17.2 Å². The van der Waals surface area contributed by atoms with Crippen LogP contribution in [-0.4, -0.2) is 22.5 Å². The molecule has 0 bridgehead atoms. The lowest BCUT2D eigenvalue weighted by Crippen LogP contribution is -2.35. The molecule has 1 amide bonds. The highest BCUT2D eigenvalue weighted by Gasteiger charge is 2.26. The van der Waals surface area contributed by atoms with E-state index in [1.54, 1.807) is 11.3 Å². The van der Waals surface area contributed by atoms with Crippen LogP contribution in [0.2, 0.25) is 0 Å². The summed E-state index contributed by atoms with van der Waals surface area (Å²) in [5.74, 6) is 0.151. The van der Waals surface area contributed by atoms with Gasteiger partial charge in [0.05, 0.1) is 6.10 Å². The minimum Gasteiger partial charge on any atom is -0.388 e. The van der Waals surface area contributed by atoms with Gasteiger partial charge in [-0.25, -0.2) is 0 Å². The van der Waals surface area contributed by atoms with Crippen molar-refractivity contribution in [2.24, 2.45) is 5.92 Å². The van der Waals surface area contributed by atoms with E-state index in [-0.39, 0.29) is 11.8 Å². The Hall–Kier alpha value is -1.65. The fourth-order valence-corrected chi connectivity index (χ4v) is 3.87. The maximum atomic E-state index is 12.7. The lowest BCUT2D eigenvalue weighted by molar-refractivity contribution is -0.135. The molecule has 0 spiro atoms. The molecule has 2 atom stereocenters. The average molecular weight is 315 g/mol. The maximum Gasteiger partial charge on any atom is 0.226 e. The Bertz CT molecular complexity index is 638. The van der Waals surface area contributed by atoms with Crippen molar-refractivity contribution in [3.05, 3.63) is 57.8 Å². The number of benzene rings is 1. The Morgan fingerprint density at radius 1 is 1.36 bits per heavy atom. The van der Waals surface area contributed by atoms with Gasteiger partial charge in [0, 0.05) is 23.9 Å². The minimum absolute atomic E-state index is 0.0268. The zero-order valence-corrected chi connectivity index (χ0v) is 13.6. The molecule has 0 unspecified atom stereocenters. The SMILES string of the molecule is C[C@H](Cc1cccs1)C(=O)N1CC[C@H](O)c2ccccc2C1. The van der Waals surface area contributed by atoms with Crippen molar-refractivity contribution in [3.63, 3.8) is 0 Å². The third kappa shape index (κ3) is 3.23. The molecule has 0 aliphatic carbocycles. The summed E-state index contributed by atoms with van der Waals surface area (Å²) in [7, 11) is 0. The minimum atomic E-state index is -0.471. The van der Waals surface area contributed by atoms with Gasteiger partial charge >= 0.3 is 0 Å². The molecule has 0 fully saturated rings. The Balaban J connectivity index is 1.73. The zero-order chi connectivity index (χ0) is 15.5. The summed E-state index contributed by atoms with van der Waals surface area (Å²) in [5.41, 5.74) is 2.02. The molecule has 1 N–H and O–H groups in total. The van der Waals surface area contributed by atoms with E-state index in [0.29, 0.717) is 19.5 Å². The van der Waals surface area contributed by atoms with E-state index in [4.69, 9.17) is 0 Å². The number of aliphatic hydroxyl groups excluding tert-OH is 1. The number of aliphatic hydroxyl groups is 1. The Morgan fingerprint density at radius 2 is 2.18 bits per heavy atom. The molecule has 1 aliphatic heterocycles. The molecule has 3 nitrogen and oxygen atoms in total. The molecule has 22 heavy (non-hydrogen) atoms. The van der Waals surface area contributed by atoms with Crippen molar-refractivity contribution < 1.29 is 9.90 Å². The second-order valence-corrected chi connectivity index (χ2v) is 6.98. The second-order valence-electron chi connectivity index (χ2n) is 5.95. The normalized spacial score (nSPS) is 19.4. The molecule has 0 saturated carbocycles. The first kappa shape index (κ1) is 15.3. The van der Waals surface area contributed by atoms with Gasteiger partial charge in [0.15, 0.2) is 0 Å². The van der Waals surface area contributed by atoms with Gasteiger partial charge < -0.3 is 10.0 Å². The van der Waals surface area contributed by atoms with Crippen LogP contribution in [0.15, 0.2) is 41.8 Å². The molecule has 1 aromatic heterocycles. The van der Waals surface area contributed by atoms with Crippen LogP contribution in [0.3, 0.4) is 0 Å². The van der Waals surface area contributed by atoms with Gasteiger partial charge in [0.25, 0.3) is 0 Å². The van der Waals surface area contributed by atoms with Gasteiger partial charge in [0.2, 0.25) is 5.91 Å². The fourth-order valence-electron chi connectivity index (χ4n) is 3.04. The number of hydrogen-bond donors (Lipinski definition) is 1. The van der Waals surface area contributed by atoms with Crippen molar-refractivity contribution in [2.45, 2.75) is 32.4 Å². The van der Waals surface area contributed by atoms with E-state index in [9.17, 15) is 9.90 Å². The van der Waals surface area contributed by atoms with E-state index in [1.165, 1.54) is 4.88 Å². The monoisotopic (exact) mass is 315 g/mol. The molecule has 1 aromatic carbocycles. The van der Waals surface area contributed by atoms with Crippen LogP contribution in [-0.2, 0) is 17.8 Å². The number of carbonyl (C=O) groups excluding carboxylic acids is 1. The average Bonchev–Trinajstić information content (AvgIpc) is 2.97. The molecule has 4 heteroatoms. The van der Waals surface area contributed by atoms with Crippen LogP contribution in [0.4, 0.5) is 0 Å². The van der Waals surface area contributed by atoms with Crippen LogP contribution in [0.5, 0.6) is 0 Å². The molecule has 0 saturated heterocycles. The third-order valence-electron chi connectivity index (χ3n) is 4.27. The van der Waals surface area contributed by atoms with Crippen LogP contribution in [0.25, 0.3) is 0 Å². The summed E-state index contributed by atoms with van der Waals surface area (Å²) in [6.45, 7) is 3.21. The number of fused-ring (bicyclic) bond motifs is 1. The van der Waals surface area contributed by atoms with Crippen LogP contribution in [0, 0.1) is 5.92 Å². The van der Waals surface area contributed by atoms with Crippen molar-refractivity contribution in [3.8, 4) is 0 Å². The van der Waals surface area contributed by atoms with Gasteiger partial charge in [-0.15, -0.1) is 11.3 Å². The molecule has 1 aliphatic rings. The molecular weight excluding hydrogens is 294 g/mol. The predicted molar refractivity (Wildman–Crippen MR) is 88.6 cm³/mol. The second kappa shape index (κ2) is 6.63. The summed E-state index contributed by atoms with van der Waals surface area (Å²) in [6, 6.07) is 12.0. The van der Waals surface area contributed by atoms with Gasteiger partial charge in [-0.3, -0.25) is 4.79 Å². The van der Waals surface area contributed by atoms with Crippen molar-refractivity contribution in [1.82, 2.24) is 4.90 Å². The van der Waals surface area contributed by atoms with E-state index in [1.807, 2.05) is 47.5 Å². The molecule has 2 heterocycles. The predicted octanol–water partition coefficient (Wildman–Crippen LogP) is 3.39. The van der Waals surface area contributed by atoms with Crippen LogP contribution >= 0.6 is 11.3 Å². The molecule has 3 rings (SSSR count). The lowest BCUT2D eigenvalue weighted by atomic mass is 10.0. The number of hydrogen-bond acceptors (Lipinski definition) is 3. The summed E-state index contributed by atoms with van der Waals surface area (Å²) in [6.07, 6.45) is 0.924. The summed E-state index contributed by atoms with van der Waals surface area (Å²) >= 11 is 1.70. The summed E-state index contributed by atoms with van der Waals surface area (Å²) in [4.78, 5) is 15.9. The highest BCUT2D eigenvalue weighted by atomic mass is 32.1. The zero-order valence-electron chi connectivity index (χ0n) is 12.7. The van der Waals surface area contributed by atoms with Gasteiger partial charge in [-0.05, 0) is 35.4 Å². The standard InChI is InChI=1S/C18H21NO2S/c1-13(11-15-6-4-10-22-15)18(21)19-9-8-17(20)16-7-3-2-5-14(16)12-19/h2-7,10,13,17,20H,8-9,11-12H2,1H3/t13-,17+/m1/s1. The maximum absolute atomic E-state index is 12.7. The number of rotatable bonds is 3. The van der Waals surface area contributed by atoms with E-state index in [0.717, 1.165) is 17.5 Å². The Morgan fingerprint density at radius 3 is 2.95 bits per heavy atom. The fraction of sp³-hybridized carbons (Fsp3) is 0.389. The highest BCUT2D eigenvalue weighted by Crippen LogP contribution is 2.27. The first-order chi connectivity index (χ1) is 10.6. The first-order valence-corrected chi connectivity index (χ1v) is 8.60. The molecule has 2 aromatic rings. The summed E-state index contributed by atoms with van der Waals surface area (Å²) in [5, 5.41) is 12.3. The molecule has 0 radical (unpaired) electrons. The Kier molecular flexibility index (Phi) is 4.60. The van der Waals surface area contributed by atoms with Crippen LogP contribution in [0.1, 0.15) is 35.5 Å². The van der Waals surface area contributed by atoms with Crippen molar-refractivity contribution in [2.75, 3.05) is 6.54 Å². The topological polar surface area (TPSA) is 40.5 Å². The largest absolute Gasteiger partial charge is 0.388 e. The number of amides is 1. The Labute approximate surface area is 135 Å². The van der Waals surface area contributed by atoms with E-state index in [2.05, 4.69) is 6.07 Å². The summed E-state index contributed by atoms with van der Waals surface area (Å²) < 4.78 is 0. The third-order valence-corrected chi connectivity index (χ3v) is 5.17. The highest BCUT2D eigenvalue weighted by molar-refractivity contribution is 7.09. The van der Waals surface area contributed by atoms with Crippen LogP contribution < -0.4 is 0 Å². The smallest absolute Gasteiger partial charge is 0.226 e. The van der Waals surface area contributed by atoms with Gasteiger partial charge in [-0.2, -0.15) is 0 Å². The van der Waals surface area contributed by atoms with Gasteiger partial charge in [0.1, 0.15) is 0 Å². The van der Waals surface area contributed by atoms with E-state index >= 15 is 0 Å². The van der Waals surface area contributed by atoms with Gasteiger partial charge in [-0.1, -0.05) is 37.3 Å². The lowest BCUT2D eigenvalue weighted by Gasteiger charge is -2.24. The number of nitrogens with zero attached hydrogens (tertiary/aromatic N) is 1. The number of carbonyl (C=O) groups is 1. The van der Waals surface area contributed by atoms with Crippen molar-refractivity contribution in [1.29, 1.82) is 0 Å². The van der Waals surface area contributed by atoms with E-state index < -0.39 is 6.10 Å². The number of thiophene rings is 1.